The van der Waals surface area contributed by atoms with Crippen molar-refractivity contribution >= 4 is 11.9 Å². The zero-order chi connectivity index (χ0) is 13.9. The average molecular weight is 268 g/mol. The number of fused-ring (bicyclic) bond motifs is 8. The van der Waals surface area contributed by atoms with E-state index in [1.807, 2.05) is 0 Å². The summed E-state index contributed by atoms with van der Waals surface area (Å²) in [4.78, 5) is 24.1. The van der Waals surface area contributed by atoms with E-state index in [1.54, 1.807) is 0 Å². The van der Waals surface area contributed by atoms with E-state index in [9.17, 15) is 9.59 Å². The number of carbonyl (C=O) groups is 2. The molecule has 0 spiro atoms. The van der Waals surface area contributed by atoms with Crippen LogP contribution in [0.25, 0.3) is 0 Å². The van der Waals surface area contributed by atoms with Gasteiger partial charge in [-0.1, -0.05) is 13.8 Å². The summed E-state index contributed by atoms with van der Waals surface area (Å²) in [5.41, 5.74) is -0.213. The molecule has 3 fully saturated rings. The normalized spacial score (nSPS) is 31.3. The predicted octanol–water partition coefficient (Wildman–Crippen LogP) is 2.70. The molecule has 0 aromatic carbocycles. The first-order chi connectivity index (χ1) is 9.10. The molecule has 0 N–H and O–H groups in total. The molecule has 3 aliphatic rings. The number of carbonyl (C=O) groups excluding carboxylic acids is 2. The molecule has 2 bridgehead atoms. The first-order valence-electron chi connectivity index (χ1n) is 7.43. The van der Waals surface area contributed by atoms with Crippen molar-refractivity contribution in [2.24, 2.45) is 17.3 Å². The van der Waals surface area contributed by atoms with Gasteiger partial charge in [0.25, 0.3) is 0 Å². The van der Waals surface area contributed by atoms with Crippen molar-refractivity contribution < 1.29 is 19.1 Å². The Hall–Kier alpha value is -1.06. The first kappa shape index (κ1) is 14.4. The molecule has 108 valence electrons. The van der Waals surface area contributed by atoms with Crippen LogP contribution in [-0.2, 0) is 19.1 Å². The average Bonchev–Trinajstić information content (AvgIpc) is 2.50. The van der Waals surface area contributed by atoms with Gasteiger partial charge in [0.05, 0.1) is 11.8 Å². The molecule has 1 aliphatic carbocycles. The van der Waals surface area contributed by atoms with Gasteiger partial charge in [0.2, 0.25) is 0 Å². The van der Waals surface area contributed by atoms with E-state index in [2.05, 4.69) is 13.8 Å². The Kier molecular flexibility index (Phi) is 4.48. The third-order valence-electron chi connectivity index (χ3n) is 4.94. The molecule has 2 saturated heterocycles. The Morgan fingerprint density at radius 3 is 1.58 bits per heavy atom. The van der Waals surface area contributed by atoms with E-state index in [0.29, 0.717) is 13.2 Å². The quantitative estimate of drug-likeness (QED) is 0.723. The molecular formula is C15H24O4. The molecule has 3 rings (SSSR count). The van der Waals surface area contributed by atoms with Crippen LogP contribution in [0.3, 0.4) is 0 Å². The number of ether oxygens (including phenoxy) is 2. The van der Waals surface area contributed by atoms with Crippen LogP contribution in [0, 0.1) is 17.3 Å². The summed E-state index contributed by atoms with van der Waals surface area (Å²) in [5, 5.41) is 0. The third-order valence-corrected chi connectivity index (χ3v) is 4.94. The van der Waals surface area contributed by atoms with Crippen LogP contribution in [-0.4, -0.2) is 25.2 Å². The highest BCUT2D eigenvalue weighted by atomic mass is 16.5. The maximum Gasteiger partial charge on any atom is 0.308 e. The second-order valence-corrected chi connectivity index (χ2v) is 5.97. The van der Waals surface area contributed by atoms with E-state index in [0.717, 1.165) is 38.5 Å². The lowest BCUT2D eigenvalue weighted by Gasteiger charge is -2.30. The summed E-state index contributed by atoms with van der Waals surface area (Å²) >= 11 is 0. The summed E-state index contributed by atoms with van der Waals surface area (Å²) in [6, 6.07) is 0. The summed E-state index contributed by atoms with van der Waals surface area (Å²) in [7, 11) is 0. The number of esters is 2. The smallest absolute Gasteiger partial charge is 0.308 e. The van der Waals surface area contributed by atoms with Crippen molar-refractivity contribution in [3.8, 4) is 0 Å². The molecule has 4 nitrogen and oxygen atoms in total. The molecule has 0 radical (unpaired) electrons. The molecule has 19 heavy (non-hydrogen) atoms. The molecule has 0 aromatic rings. The summed E-state index contributed by atoms with van der Waals surface area (Å²) in [6.45, 7) is 4.85. The van der Waals surface area contributed by atoms with Gasteiger partial charge in [0, 0.05) is 5.41 Å². The fourth-order valence-corrected chi connectivity index (χ4v) is 2.95. The van der Waals surface area contributed by atoms with E-state index >= 15 is 0 Å². The molecule has 0 unspecified atom stereocenters. The zero-order valence-corrected chi connectivity index (χ0v) is 11.9. The van der Waals surface area contributed by atoms with Gasteiger partial charge >= 0.3 is 11.9 Å². The lowest BCUT2D eigenvalue weighted by Crippen LogP contribution is -2.34. The standard InChI is InChI=1S/C15H24O4/c1-3-15(4-2)9-18-13(16)11-5-6-12(8-7-11)14(17)19-10-15/h11-12H,3-10H2,1-2H3. The molecule has 0 atom stereocenters. The lowest BCUT2D eigenvalue weighted by atomic mass is 9.82. The van der Waals surface area contributed by atoms with Crippen molar-refractivity contribution in [2.45, 2.75) is 52.4 Å². The van der Waals surface area contributed by atoms with Crippen molar-refractivity contribution in [1.29, 1.82) is 0 Å². The fourth-order valence-electron chi connectivity index (χ4n) is 2.95. The first-order valence-corrected chi connectivity index (χ1v) is 7.43. The van der Waals surface area contributed by atoms with E-state index < -0.39 is 0 Å². The van der Waals surface area contributed by atoms with Crippen LogP contribution in [0.2, 0.25) is 0 Å². The van der Waals surface area contributed by atoms with Gasteiger partial charge in [0.15, 0.2) is 0 Å². The van der Waals surface area contributed by atoms with E-state index in [-0.39, 0.29) is 29.2 Å². The van der Waals surface area contributed by atoms with Crippen LogP contribution in [0.4, 0.5) is 0 Å². The Morgan fingerprint density at radius 1 is 0.895 bits per heavy atom. The lowest BCUT2D eigenvalue weighted by molar-refractivity contribution is -0.156. The largest absolute Gasteiger partial charge is 0.465 e. The van der Waals surface area contributed by atoms with Crippen molar-refractivity contribution in [2.75, 3.05) is 13.2 Å². The summed E-state index contributed by atoms with van der Waals surface area (Å²) < 4.78 is 11.0. The van der Waals surface area contributed by atoms with Crippen LogP contribution in [0.15, 0.2) is 0 Å². The van der Waals surface area contributed by atoms with Crippen LogP contribution in [0.5, 0.6) is 0 Å². The molecule has 2 heterocycles. The molecule has 0 amide bonds. The van der Waals surface area contributed by atoms with E-state index in [1.165, 1.54) is 0 Å². The Bertz CT molecular complexity index is 308. The minimum absolute atomic E-state index is 0.0198. The van der Waals surface area contributed by atoms with Crippen molar-refractivity contribution in [1.82, 2.24) is 0 Å². The number of rotatable bonds is 2. The zero-order valence-electron chi connectivity index (χ0n) is 11.9. The molecule has 1 saturated carbocycles. The number of hydrogen-bond donors (Lipinski definition) is 0. The maximum absolute atomic E-state index is 12.1. The summed E-state index contributed by atoms with van der Waals surface area (Å²) in [5.74, 6) is -0.208. The minimum atomic E-state index is -0.213. The molecular weight excluding hydrogens is 244 g/mol. The molecule has 0 aromatic heterocycles. The topological polar surface area (TPSA) is 52.6 Å². The minimum Gasteiger partial charge on any atom is -0.465 e. The van der Waals surface area contributed by atoms with Crippen LogP contribution < -0.4 is 0 Å². The molecule has 4 heteroatoms. The second kappa shape index (κ2) is 5.93. The van der Waals surface area contributed by atoms with Gasteiger partial charge < -0.3 is 9.47 Å². The highest BCUT2D eigenvalue weighted by molar-refractivity contribution is 5.75. The van der Waals surface area contributed by atoms with Crippen molar-refractivity contribution in [3.63, 3.8) is 0 Å². The van der Waals surface area contributed by atoms with Gasteiger partial charge in [-0.3, -0.25) is 9.59 Å². The second-order valence-electron chi connectivity index (χ2n) is 5.97. The predicted molar refractivity (Wildman–Crippen MR) is 70.4 cm³/mol. The number of hydrogen-bond acceptors (Lipinski definition) is 4. The third kappa shape index (κ3) is 3.10. The van der Waals surface area contributed by atoms with Gasteiger partial charge in [-0.15, -0.1) is 0 Å². The van der Waals surface area contributed by atoms with Gasteiger partial charge in [0.1, 0.15) is 13.2 Å². The Balaban J connectivity index is 2.15. The van der Waals surface area contributed by atoms with E-state index in [4.69, 9.17) is 9.47 Å². The van der Waals surface area contributed by atoms with Gasteiger partial charge in [-0.25, -0.2) is 0 Å². The maximum atomic E-state index is 12.1. The van der Waals surface area contributed by atoms with Crippen LogP contribution in [0.1, 0.15) is 52.4 Å². The summed E-state index contributed by atoms with van der Waals surface area (Å²) in [6.07, 6.45) is 4.71. The Labute approximate surface area is 114 Å². The highest BCUT2D eigenvalue weighted by Crippen LogP contribution is 2.34. The Morgan fingerprint density at radius 2 is 1.26 bits per heavy atom. The van der Waals surface area contributed by atoms with Crippen molar-refractivity contribution in [3.05, 3.63) is 0 Å². The highest BCUT2D eigenvalue weighted by Gasteiger charge is 2.37. The monoisotopic (exact) mass is 268 g/mol. The van der Waals surface area contributed by atoms with Gasteiger partial charge in [-0.05, 0) is 38.5 Å². The van der Waals surface area contributed by atoms with Crippen LogP contribution >= 0.6 is 0 Å². The fraction of sp³-hybridized carbons (Fsp3) is 0.867. The van der Waals surface area contributed by atoms with Gasteiger partial charge in [-0.2, -0.15) is 0 Å². The SMILES string of the molecule is CCC1(CC)COC(=O)C2CCC(CC2)C(=O)OC1. The molecule has 2 aliphatic heterocycles.